The fourth-order valence-electron chi connectivity index (χ4n) is 3.11. The van der Waals surface area contributed by atoms with Crippen molar-refractivity contribution in [2.45, 2.75) is 65.0 Å². The fraction of sp³-hybridized carbons (Fsp3) is 0.667. The maximum Gasteiger partial charge on any atom is 0.411 e. The Hall–Kier alpha value is -1.07. The maximum absolute atomic E-state index is 12.1. The molecular weight excluding hydrogens is 508 g/mol. The molecule has 0 spiro atoms. The highest BCUT2D eigenvalue weighted by Crippen LogP contribution is 2.27. The molecule has 1 fully saturated rings. The van der Waals surface area contributed by atoms with E-state index in [9.17, 15) is 13.2 Å². The predicted molar refractivity (Wildman–Crippen MR) is 125 cm³/mol. The molecule has 2 rings (SSSR count). The average molecular weight is 542 g/mol. The Labute approximate surface area is 194 Å². The van der Waals surface area contributed by atoms with Crippen LogP contribution in [-0.2, 0) is 17.9 Å². The Morgan fingerprint density at radius 1 is 1.17 bits per heavy atom. The van der Waals surface area contributed by atoms with E-state index in [4.69, 9.17) is 0 Å². The van der Waals surface area contributed by atoms with E-state index in [1.165, 1.54) is 12.8 Å². The van der Waals surface area contributed by atoms with E-state index in [0.717, 1.165) is 37.2 Å². The third-order valence-corrected chi connectivity index (χ3v) is 4.66. The van der Waals surface area contributed by atoms with Crippen molar-refractivity contribution in [2.75, 3.05) is 26.2 Å². The van der Waals surface area contributed by atoms with Gasteiger partial charge in [-0.1, -0.05) is 24.3 Å². The number of alkyl halides is 3. The van der Waals surface area contributed by atoms with Crippen molar-refractivity contribution in [1.82, 2.24) is 15.5 Å². The topological polar surface area (TPSA) is 48.9 Å². The van der Waals surface area contributed by atoms with E-state index in [-0.39, 0.29) is 30.6 Å². The zero-order chi connectivity index (χ0) is 21.3. The Kier molecular flexibility index (Phi) is 12.0. The van der Waals surface area contributed by atoms with Gasteiger partial charge in [0, 0.05) is 31.7 Å². The summed E-state index contributed by atoms with van der Waals surface area (Å²) in [7, 11) is 0. The van der Waals surface area contributed by atoms with Crippen LogP contribution in [0.2, 0.25) is 0 Å². The van der Waals surface area contributed by atoms with Gasteiger partial charge < -0.3 is 15.4 Å². The molecule has 0 heterocycles. The minimum atomic E-state index is -4.30. The van der Waals surface area contributed by atoms with Gasteiger partial charge in [-0.2, -0.15) is 13.2 Å². The highest BCUT2D eigenvalue weighted by molar-refractivity contribution is 14.0. The van der Waals surface area contributed by atoms with E-state index in [1.807, 2.05) is 19.1 Å². The quantitative estimate of drug-likeness (QED) is 0.249. The molecular formula is C21H34F3IN4O. The molecule has 1 aromatic carbocycles. The number of guanidine groups is 1. The van der Waals surface area contributed by atoms with Gasteiger partial charge in [-0.15, -0.1) is 24.0 Å². The zero-order valence-electron chi connectivity index (χ0n) is 18.0. The minimum absolute atomic E-state index is 0. The standard InChI is InChI=1S/C21H33F3N4O.HI/c1-4-25-20(26-11-12-28(16(2)3)19-9-10-19)27-13-17-5-7-18(8-6-17)14-29-15-21(22,23)24;/h5-8,16,19H,4,9-15H2,1-3H3,(H2,25,26,27);1H. The van der Waals surface area contributed by atoms with Gasteiger partial charge in [0.2, 0.25) is 0 Å². The fourth-order valence-corrected chi connectivity index (χ4v) is 3.11. The first-order valence-corrected chi connectivity index (χ1v) is 10.3. The van der Waals surface area contributed by atoms with Crippen LogP contribution in [0, 0.1) is 0 Å². The second-order valence-corrected chi connectivity index (χ2v) is 7.61. The smallest absolute Gasteiger partial charge is 0.367 e. The van der Waals surface area contributed by atoms with Crippen LogP contribution in [-0.4, -0.2) is 55.4 Å². The number of rotatable bonds is 11. The Morgan fingerprint density at radius 3 is 2.33 bits per heavy atom. The van der Waals surface area contributed by atoms with Crippen molar-refractivity contribution in [3.63, 3.8) is 0 Å². The molecule has 1 aromatic rings. The summed E-state index contributed by atoms with van der Waals surface area (Å²) in [6.45, 7) is 8.29. The number of hydrogen-bond donors (Lipinski definition) is 2. The van der Waals surface area contributed by atoms with Crippen molar-refractivity contribution >= 4 is 29.9 Å². The maximum atomic E-state index is 12.1. The molecule has 0 unspecified atom stereocenters. The zero-order valence-corrected chi connectivity index (χ0v) is 20.3. The second kappa shape index (κ2) is 13.4. The van der Waals surface area contributed by atoms with Gasteiger partial charge in [-0.25, -0.2) is 4.99 Å². The average Bonchev–Trinajstić information content (AvgIpc) is 3.48. The summed E-state index contributed by atoms with van der Waals surface area (Å²) >= 11 is 0. The van der Waals surface area contributed by atoms with Crippen LogP contribution in [0.4, 0.5) is 13.2 Å². The number of ether oxygens (including phenoxy) is 1. The van der Waals surface area contributed by atoms with E-state index in [0.29, 0.717) is 18.2 Å². The molecule has 0 aromatic heterocycles. The van der Waals surface area contributed by atoms with Gasteiger partial charge in [-0.3, -0.25) is 4.90 Å². The highest BCUT2D eigenvalue weighted by Gasteiger charge is 2.30. The van der Waals surface area contributed by atoms with Crippen molar-refractivity contribution in [3.05, 3.63) is 35.4 Å². The van der Waals surface area contributed by atoms with E-state index < -0.39 is 12.8 Å². The molecule has 0 atom stereocenters. The number of benzene rings is 1. The van der Waals surface area contributed by atoms with Crippen molar-refractivity contribution in [3.8, 4) is 0 Å². The lowest BCUT2D eigenvalue weighted by atomic mass is 10.1. The molecule has 9 heteroatoms. The molecule has 0 aliphatic heterocycles. The van der Waals surface area contributed by atoms with Crippen LogP contribution in [0.25, 0.3) is 0 Å². The first kappa shape index (κ1) is 27.0. The predicted octanol–water partition coefficient (Wildman–Crippen LogP) is 4.31. The molecule has 1 aliphatic carbocycles. The first-order valence-electron chi connectivity index (χ1n) is 10.3. The van der Waals surface area contributed by atoms with Crippen molar-refractivity contribution < 1.29 is 17.9 Å². The number of nitrogens with one attached hydrogen (secondary N) is 2. The molecule has 172 valence electrons. The van der Waals surface area contributed by atoms with Gasteiger partial charge in [0.15, 0.2) is 5.96 Å². The van der Waals surface area contributed by atoms with Crippen molar-refractivity contribution in [1.29, 1.82) is 0 Å². The molecule has 0 radical (unpaired) electrons. The normalized spacial score (nSPS) is 14.7. The van der Waals surface area contributed by atoms with Gasteiger partial charge in [-0.05, 0) is 44.7 Å². The van der Waals surface area contributed by atoms with Gasteiger partial charge in [0.25, 0.3) is 0 Å². The minimum Gasteiger partial charge on any atom is -0.367 e. The van der Waals surface area contributed by atoms with Crippen LogP contribution in [0.3, 0.4) is 0 Å². The third kappa shape index (κ3) is 10.8. The lowest BCUT2D eigenvalue weighted by Crippen LogP contribution is -2.43. The van der Waals surface area contributed by atoms with Gasteiger partial charge in [0.1, 0.15) is 6.61 Å². The van der Waals surface area contributed by atoms with E-state index in [2.05, 4.69) is 39.1 Å². The summed E-state index contributed by atoms with van der Waals surface area (Å²) in [5.74, 6) is 0.768. The van der Waals surface area contributed by atoms with E-state index in [1.54, 1.807) is 12.1 Å². The van der Waals surface area contributed by atoms with Crippen molar-refractivity contribution in [2.24, 2.45) is 4.99 Å². The van der Waals surface area contributed by atoms with Crippen LogP contribution in [0.15, 0.2) is 29.3 Å². The number of nitrogens with zero attached hydrogens (tertiary/aromatic N) is 2. The van der Waals surface area contributed by atoms with E-state index >= 15 is 0 Å². The lowest BCUT2D eigenvalue weighted by Gasteiger charge is -2.26. The summed E-state index contributed by atoms with van der Waals surface area (Å²) in [5, 5.41) is 6.63. The largest absolute Gasteiger partial charge is 0.411 e. The first-order chi connectivity index (χ1) is 13.8. The highest BCUT2D eigenvalue weighted by atomic mass is 127. The number of hydrogen-bond acceptors (Lipinski definition) is 3. The van der Waals surface area contributed by atoms with Crippen LogP contribution in [0.1, 0.15) is 44.7 Å². The number of halogens is 4. The summed E-state index contributed by atoms with van der Waals surface area (Å²) in [6.07, 6.45) is -1.71. The summed E-state index contributed by atoms with van der Waals surface area (Å²) in [6, 6.07) is 8.56. The second-order valence-electron chi connectivity index (χ2n) is 7.61. The summed E-state index contributed by atoms with van der Waals surface area (Å²) in [5.41, 5.74) is 1.70. The molecule has 30 heavy (non-hydrogen) atoms. The van der Waals surface area contributed by atoms with Crippen LogP contribution in [0.5, 0.6) is 0 Å². The third-order valence-electron chi connectivity index (χ3n) is 4.66. The Morgan fingerprint density at radius 2 is 1.80 bits per heavy atom. The monoisotopic (exact) mass is 542 g/mol. The summed E-state index contributed by atoms with van der Waals surface area (Å²) < 4.78 is 41.0. The molecule has 0 amide bonds. The van der Waals surface area contributed by atoms with Gasteiger partial charge >= 0.3 is 6.18 Å². The molecule has 2 N–H and O–H groups in total. The summed E-state index contributed by atoms with van der Waals surface area (Å²) in [4.78, 5) is 7.13. The van der Waals surface area contributed by atoms with Gasteiger partial charge in [0.05, 0.1) is 13.2 Å². The molecule has 0 bridgehead atoms. The molecule has 1 saturated carbocycles. The lowest BCUT2D eigenvalue weighted by molar-refractivity contribution is -0.176. The Bertz CT molecular complexity index is 632. The molecule has 5 nitrogen and oxygen atoms in total. The Balaban J connectivity index is 0.00000450. The number of aliphatic imine (C=N–C) groups is 1. The SMILES string of the molecule is CCNC(=NCc1ccc(COCC(F)(F)F)cc1)NCCN(C(C)C)C1CC1.I. The molecule has 1 aliphatic rings. The molecule has 0 saturated heterocycles. The van der Waals surface area contributed by atoms with Crippen LogP contribution < -0.4 is 10.6 Å². The van der Waals surface area contributed by atoms with Crippen LogP contribution >= 0.6 is 24.0 Å².